The minimum atomic E-state index is -0.980. The molecule has 1 fully saturated rings. The van der Waals surface area contributed by atoms with Crippen molar-refractivity contribution in [2.24, 2.45) is 35.1 Å². The highest BCUT2D eigenvalue weighted by Crippen LogP contribution is 2.53. The Kier molecular flexibility index (Phi) is 10.1. The molecule has 13 nitrogen and oxygen atoms in total. The van der Waals surface area contributed by atoms with Crippen LogP contribution in [0.2, 0.25) is 0 Å². The van der Waals surface area contributed by atoms with Gasteiger partial charge in [0.2, 0.25) is 0 Å². The molecule has 2 aliphatic heterocycles. The summed E-state index contributed by atoms with van der Waals surface area (Å²) in [4.78, 5) is 52.5. The quantitative estimate of drug-likeness (QED) is 0.210. The van der Waals surface area contributed by atoms with Crippen molar-refractivity contribution in [2.45, 2.75) is 89.7 Å². The molecule has 2 bridgehead atoms. The van der Waals surface area contributed by atoms with Crippen molar-refractivity contribution < 1.29 is 47.6 Å². The van der Waals surface area contributed by atoms with Gasteiger partial charge in [-0.1, -0.05) is 32.1 Å². The number of nitrogens with two attached hydrogens (primary N) is 2. The monoisotopic (exact) mass is 617 g/mol. The Bertz CT molecular complexity index is 1280. The summed E-state index contributed by atoms with van der Waals surface area (Å²) in [5.74, 6) is -2.57. The van der Waals surface area contributed by atoms with E-state index in [4.69, 9.17) is 39.9 Å². The highest BCUT2D eigenvalue weighted by Gasteiger charge is 2.58. The predicted molar refractivity (Wildman–Crippen MR) is 156 cm³/mol. The van der Waals surface area contributed by atoms with Crippen molar-refractivity contribution in [3.8, 4) is 0 Å². The Morgan fingerprint density at radius 2 is 1.77 bits per heavy atom. The van der Waals surface area contributed by atoms with E-state index in [0.29, 0.717) is 6.42 Å². The van der Waals surface area contributed by atoms with E-state index in [0.717, 1.165) is 5.57 Å². The first kappa shape index (κ1) is 33.1. The van der Waals surface area contributed by atoms with Crippen molar-refractivity contribution in [3.05, 3.63) is 47.8 Å². The molecule has 3 aliphatic rings. The average Bonchev–Trinajstić information content (AvgIpc) is 3.60. The molecule has 44 heavy (non-hydrogen) atoms. The summed E-state index contributed by atoms with van der Waals surface area (Å²) in [5.41, 5.74) is 10.8. The average molecular weight is 618 g/mol. The first-order chi connectivity index (χ1) is 20.8. The van der Waals surface area contributed by atoms with Crippen LogP contribution in [0.1, 0.15) is 57.9 Å². The second-order valence-electron chi connectivity index (χ2n) is 12.0. The van der Waals surface area contributed by atoms with Gasteiger partial charge in [-0.05, 0) is 51.3 Å². The van der Waals surface area contributed by atoms with E-state index in [1.54, 1.807) is 32.2 Å². The van der Waals surface area contributed by atoms with Gasteiger partial charge in [-0.2, -0.15) is 0 Å². The lowest BCUT2D eigenvalue weighted by Gasteiger charge is -2.41. The largest absolute Gasteiger partial charge is 0.456 e. The number of amides is 2. The summed E-state index contributed by atoms with van der Waals surface area (Å²) in [7, 11) is 1.43. The standard InChI is InChI=1S/C31H43N3O10/c1-15-12-16(2)31-14-20(9-10-21(31)13-23(39-6)28(36)42-24(15)19(5)41-30(33)38)26(44-31)25(17(3)18(4)40-29(32)37)43-27(35)22-8-7-11-34-22/h7-12,15,17-21,23-26,34H,13-14H2,1-6H3,(H2,32,37)(H2,33,38)/b16-12+/t15-,17-,18+,19-,20-,21-,23+,24+,25-,26-,31+/m1/s1. The number of fused-ring (bicyclic) bond motifs is 1. The molecular weight excluding hydrogens is 574 g/mol. The third kappa shape index (κ3) is 6.78. The minimum Gasteiger partial charge on any atom is -0.456 e. The Morgan fingerprint density at radius 3 is 2.39 bits per heavy atom. The van der Waals surface area contributed by atoms with Gasteiger partial charge >= 0.3 is 24.1 Å². The van der Waals surface area contributed by atoms with Crippen LogP contribution in [0.25, 0.3) is 0 Å². The molecule has 0 aromatic carbocycles. The van der Waals surface area contributed by atoms with Crippen molar-refractivity contribution in [1.82, 2.24) is 4.98 Å². The zero-order chi connectivity index (χ0) is 32.3. The molecule has 11 atom stereocenters. The smallest absolute Gasteiger partial charge is 0.404 e. The summed E-state index contributed by atoms with van der Waals surface area (Å²) in [6, 6.07) is 3.29. The normalized spacial score (nSPS) is 33.8. The number of primary amides is 2. The molecule has 3 heterocycles. The molecule has 1 aromatic heterocycles. The van der Waals surface area contributed by atoms with Crippen LogP contribution < -0.4 is 11.5 Å². The van der Waals surface area contributed by atoms with E-state index in [9.17, 15) is 19.2 Å². The van der Waals surface area contributed by atoms with Gasteiger partial charge in [0.05, 0.1) is 5.60 Å². The number of carbonyl (C=O) groups is 4. The number of ether oxygens (including phenoxy) is 6. The zero-order valence-corrected chi connectivity index (χ0v) is 25.9. The van der Waals surface area contributed by atoms with Gasteiger partial charge in [-0.25, -0.2) is 19.2 Å². The molecule has 2 amide bonds. The molecule has 1 spiro atoms. The minimum absolute atomic E-state index is 0.182. The number of rotatable bonds is 9. The number of aromatic amines is 1. The van der Waals surface area contributed by atoms with Gasteiger partial charge in [0.1, 0.15) is 36.2 Å². The van der Waals surface area contributed by atoms with E-state index >= 15 is 0 Å². The van der Waals surface area contributed by atoms with E-state index in [1.807, 2.05) is 39.0 Å². The van der Waals surface area contributed by atoms with Gasteiger partial charge in [-0.15, -0.1) is 0 Å². The third-order valence-electron chi connectivity index (χ3n) is 9.17. The van der Waals surface area contributed by atoms with Crippen LogP contribution in [0.4, 0.5) is 9.59 Å². The zero-order valence-electron chi connectivity index (χ0n) is 25.9. The molecule has 13 heteroatoms. The number of nitrogens with one attached hydrogen (secondary N) is 1. The fourth-order valence-electron chi connectivity index (χ4n) is 6.74. The molecule has 4 rings (SSSR count). The van der Waals surface area contributed by atoms with Crippen LogP contribution in [0.15, 0.2) is 42.1 Å². The maximum atomic E-state index is 13.3. The lowest BCUT2D eigenvalue weighted by atomic mass is 9.69. The van der Waals surface area contributed by atoms with E-state index in [-0.39, 0.29) is 24.0 Å². The molecule has 1 saturated heterocycles. The van der Waals surface area contributed by atoms with Crippen molar-refractivity contribution in [1.29, 1.82) is 0 Å². The number of hydrogen-bond donors (Lipinski definition) is 3. The van der Waals surface area contributed by atoms with Gasteiger partial charge in [-0.3, -0.25) is 0 Å². The van der Waals surface area contributed by atoms with Crippen LogP contribution in [-0.2, 0) is 33.2 Å². The molecule has 0 unspecified atom stereocenters. The first-order valence-corrected chi connectivity index (χ1v) is 14.8. The maximum absolute atomic E-state index is 13.3. The molecule has 5 N–H and O–H groups in total. The SMILES string of the molecule is CO[C@H]1C[C@H]2C=C[C@@H]3C[C@]2(O[C@H]3[C@H](OC(=O)c2ccc[nH]2)[C@H](C)[C@H](C)OC(N)=O)/C(C)=C/[C@@H](C)[C@@H]([C@@H](C)OC(N)=O)OC1=O. The molecule has 1 aliphatic carbocycles. The van der Waals surface area contributed by atoms with Crippen LogP contribution >= 0.6 is 0 Å². The van der Waals surface area contributed by atoms with Crippen molar-refractivity contribution in [3.63, 3.8) is 0 Å². The predicted octanol–water partition coefficient (Wildman–Crippen LogP) is 3.39. The Morgan fingerprint density at radius 1 is 1.07 bits per heavy atom. The van der Waals surface area contributed by atoms with Crippen molar-refractivity contribution >= 4 is 24.1 Å². The van der Waals surface area contributed by atoms with E-state index in [2.05, 4.69) is 4.98 Å². The Hall–Kier alpha value is -3.84. The topological polar surface area (TPSA) is 191 Å². The lowest BCUT2D eigenvalue weighted by molar-refractivity contribution is -0.172. The number of esters is 2. The van der Waals surface area contributed by atoms with Crippen LogP contribution in [0, 0.1) is 23.7 Å². The summed E-state index contributed by atoms with van der Waals surface area (Å²) >= 11 is 0. The summed E-state index contributed by atoms with van der Waals surface area (Å²) in [6.45, 7) is 8.91. The lowest BCUT2D eigenvalue weighted by Crippen LogP contribution is -2.48. The van der Waals surface area contributed by atoms with E-state index in [1.165, 1.54) is 7.11 Å². The number of H-pyrrole nitrogens is 1. The second kappa shape index (κ2) is 13.4. The molecule has 0 radical (unpaired) electrons. The molecule has 0 saturated carbocycles. The molecular formula is C31H43N3O10. The maximum Gasteiger partial charge on any atom is 0.404 e. The van der Waals surface area contributed by atoms with Crippen molar-refractivity contribution in [2.75, 3.05) is 7.11 Å². The number of cyclic esters (lactones) is 1. The molecule has 1 aromatic rings. The Balaban J connectivity index is 1.74. The van der Waals surface area contributed by atoms with Crippen LogP contribution in [0.5, 0.6) is 0 Å². The fourth-order valence-corrected chi connectivity index (χ4v) is 6.74. The molecule has 242 valence electrons. The number of carbonyl (C=O) groups excluding carboxylic acids is 4. The van der Waals surface area contributed by atoms with Gasteiger partial charge in [0.25, 0.3) is 0 Å². The summed E-state index contributed by atoms with van der Waals surface area (Å²) in [6.07, 6.45) is 1.69. The fraction of sp³-hybridized carbons (Fsp3) is 0.613. The summed E-state index contributed by atoms with van der Waals surface area (Å²) in [5, 5.41) is 0. The van der Waals surface area contributed by atoms with E-state index < -0.39 is 78.2 Å². The van der Waals surface area contributed by atoms with Gasteiger partial charge in [0, 0.05) is 37.0 Å². The van der Waals surface area contributed by atoms with Crippen LogP contribution in [-0.4, -0.2) is 78.4 Å². The summed E-state index contributed by atoms with van der Waals surface area (Å²) < 4.78 is 35.0. The second-order valence-corrected chi connectivity index (χ2v) is 12.0. The third-order valence-corrected chi connectivity index (χ3v) is 9.17. The highest BCUT2D eigenvalue weighted by molar-refractivity contribution is 5.87. The van der Waals surface area contributed by atoms with Gasteiger partial charge in [0.15, 0.2) is 6.10 Å². The Labute approximate surface area is 256 Å². The van der Waals surface area contributed by atoms with Gasteiger partial charge < -0.3 is 44.9 Å². The van der Waals surface area contributed by atoms with Crippen LogP contribution in [0.3, 0.4) is 0 Å². The number of hydrogen-bond acceptors (Lipinski definition) is 10. The highest BCUT2D eigenvalue weighted by atomic mass is 16.6. The number of methoxy groups -OCH3 is 1. The number of aromatic nitrogens is 1. The first-order valence-electron chi connectivity index (χ1n) is 14.8.